The Morgan fingerprint density at radius 2 is 1.81 bits per heavy atom. The van der Waals surface area contributed by atoms with Crippen molar-refractivity contribution in [1.29, 1.82) is 0 Å². The molecule has 0 unspecified atom stereocenters. The molecule has 1 aromatic carbocycles. The van der Waals surface area contributed by atoms with E-state index in [4.69, 9.17) is 14.6 Å². The number of methoxy groups -OCH3 is 1. The van der Waals surface area contributed by atoms with Crippen molar-refractivity contribution in [3.8, 4) is 0 Å². The summed E-state index contributed by atoms with van der Waals surface area (Å²) in [6.07, 6.45) is 1.74. The van der Waals surface area contributed by atoms with E-state index in [1.807, 2.05) is 30.1 Å². The molecule has 27 heavy (non-hydrogen) atoms. The Hall–Kier alpha value is -1.96. The molecule has 1 aromatic rings. The molecular weight excluding hydrogens is 348 g/mol. The Morgan fingerprint density at radius 1 is 1.22 bits per heavy atom. The van der Waals surface area contributed by atoms with Gasteiger partial charge in [0.15, 0.2) is 0 Å². The van der Waals surface area contributed by atoms with Gasteiger partial charge in [-0.1, -0.05) is 30.3 Å². The number of carbonyl (C=O) groups is 2. The molecule has 7 nitrogen and oxygen atoms in total. The molecule has 0 aliphatic carbocycles. The maximum atomic E-state index is 12.8. The monoisotopic (exact) mass is 378 g/mol. The lowest BCUT2D eigenvalue weighted by atomic mass is 9.83. The van der Waals surface area contributed by atoms with Crippen molar-refractivity contribution in [2.75, 3.05) is 40.3 Å². The summed E-state index contributed by atoms with van der Waals surface area (Å²) in [6.45, 7) is 2.60. The second-order valence-corrected chi connectivity index (χ2v) is 7.22. The summed E-state index contributed by atoms with van der Waals surface area (Å²) in [4.78, 5) is 25.2. The summed E-state index contributed by atoms with van der Waals surface area (Å²) in [5, 5.41) is 17.1. The maximum absolute atomic E-state index is 12.8. The van der Waals surface area contributed by atoms with E-state index < -0.39 is 6.10 Å². The van der Waals surface area contributed by atoms with Crippen molar-refractivity contribution in [2.24, 2.45) is 5.92 Å². The number of hydrogen-bond acceptors (Lipinski definition) is 5. The van der Waals surface area contributed by atoms with Gasteiger partial charge in [0.05, 0.1) is 17.6 Å². The number of carboxylic acid groups (broad SMARTS) is 1. The third kappa shape index (κ3) is 5.06. The summed E-state index contributed by atoms with van der Waals surface area (Å²) >= 11 is 0. The van der Waals surface area contributed by atoms with Crippen LogP contribution in [0, 0.1) is 5.92 Å². The minimum absolute atomic E-state index is 0.0896. The highest BCUT2D eigenvalue weighted by Crippen LogP contribution is 2.36. The van der Waals surface area contributed by atoms with Crippen LogP contribution in [-0.4, -0.2) is 78.8 Å². The number of aliphatic hydroxyl groups excluding tert-OH is 1. The summed E-state index contributed by atoms with van der Waals surface area (Å²) in [5.74, 6) is -0.206. The number of hydrogen-bond donors (Lipinski definition) is 2. The average Bonchev–Trinajstić information content (AvgIpc) is 2.70. The van der Waals surface area contributed by atoms with Crippen LogP contribution in [0.15, 0.2) is 30.3 Å². The molecule has 1 amide bonds. The van der Waals surface area contributed by atoms with Crippen LogP contribution >= 0.6 is 0 Å². The molecule has 0 bridgehead atoms. The van der Waals surface area contributed by atoms with Crippen LogP contribution in [0.3, 0.4) is 0 Å². The SMILES string of the molecule is COC1(c2ccccc2)CCN(C(=O)[C@@H]2CN(C)CC[C@H]2O)CC1.O=CO. The molecule has 2 aliphatic rings. The van der Waals surface area contributed by atoms with Gasteiger partial charge >= 0.3 is 0 Å². The lowest BCUT2D eigenvalue weighted by molar-refractivity contribution is -0.148. The summed E-state index contributed by atoms with van der Waals surface area (Å²) < 4.78 is 5.88. The number of aliphatic hydroxyl groups is 1. The number of amides is 1. The van der Waals surface area contributed by atoms with Crippen LogP contribution in [0.4, 0.5) is 0 Å². The van der Waals surface area contributed by atoms with E-state index in [2.05, 4.69) is 17.0 Å². The van der Waals surface area contributed by atoms with E-state index >= 15 is 0 Å². The molecule has 0 spiro atoms. The Labute approximate surface area is 160 Å². The van der Waals surface area contributed by atoms with E-state index in [0.29, 0.717) is 26.1 Å². The number of rotatable bonds is 3. The minimum atomic E-state index is -0.517. The second kappa shape index (κ2) is 9.82. The zero-order chi connectivity index (χ0) is 19.9. The van der Waals surface area contributed by atoms with E-state index in [0.717, 1.165) is 19.4 Å². The first-order valence-electron chi connectivity index (χ1n) is 9.31. The van der Waals surface area contributed by atoms with Gasteiger partial charge in [0, 0.05) is 33.3 Å². The lowest BCUT2D eigenvalue weighted by Gasteiger charge is -2.43. The number of likely N-dealkylation sites (tertiary alicyclic amines) is 2. The summed E-state index contributed by atoms with van der Waals surface area (Å²) in [7, 11) is 3.76. The molecule has 0 aromatic heterocycles. The highest BCUT2D eigenvalue weighted by atomic mass is 16.5. The smallest absolute Gasteiger partial charge is 0.290 e. The van der Waals surface area contributed by atoms with Crippen molar-refractivity contribution in [2.45, 2.75) is 31.0 Å². The Kier molecular flexibility index (Phi) is 7.77. The van der Waals surface area contributed by atoms with Crippen LogP contribution in [0.25, 0.3) is 0 Å². The topological polar surface area (TPSA) is 90.3 Å². The predicted octanol–water partition coefficient (Wildman–Crippen LogP) is 1.16. The van der Waals surface area contributed by atoms with Gasteiger partial charge in [-0.25, -0.2) is 0 Å². The van der Waals surface area contributed by atoms with E-state index in [1.54, 1.807) is 7.11 Å². The number of carbonyl (C=O) groups excluding carboxylic acids is 1. The fourth-order valence-electron chi connectivity index (χ4n) is 4.02. The van der Waals surface area contributed by atoms with E-state index in [1.165, 1.54) is 5.56 Å². The third-order valence-corrected chi connectivity index (χ3v) is 5.67. The molecule has 7 heteroatoms. The largest absolute Gasteiger partial charge is 0.483 e. The van der Waals surface area contributed by atoms with Gasteiger partial charge in [-0.2, -0.15) is 0 Å². The van der Waals surface area contributed by atoms with E-state index in [-0.39, 0.29) is 23.9 Å². The van der Waals surface area contributed by atoms with Crippen molar-refractivity contribution >= 4 is 12.4 Å². The molecule has 2 aliphatic heterocycles. The van der Waals surface area contributed by atoms with Crippen molar-refractivity contribution < 1.29 is 24.5 Å². The van der Waals surface area contributed by atoms with Crippen molar-refractivity contribution in [1.82, 2.24) is 9.80 Å². The van der Waals surface area contributed by atoms with Gasteiger partial charge < -0.3 is 24.7 Å². The molecule has 0 radical (unpaired) electrons. The molecule has 2 heterocycles. The van der Waals surface area contributed by atoms with Crippen LogP contribution in [0.2, 0.25) is 0 Å². The summed E-state index contributed by atoms with van der Waals surface area (Å²) in [6, 6.07) is 10.3. The van der Waals surface area contributed by atoms with Gasteiger partial charge in [0.25, 0.3) is 6.47 Å². The number of benzene rings is 1. The Morgan fingerprint density at radius 3 is 2.37 bits per heavy atom. The Bertz CT molecular complexity index is 602. The highest BCUT2D eigenvalue weighted by molar-refractivity contribution is 5.80. The quantitative estimate of drug-likeness (QED) is 0.768. The predicted molar refractivity (Wildman–Crippen MR) is 101 cm³/mol. The first kappa shape index (κ1) is 21.3. The van der Waals surface area contributed by atoms with Crippen LogP contribution in [0.5, 0.6) is 0 Å². The van der Waals surface area contributed by atoms with E-state index in [9.17, 15) is 9.90 Å². The molecule has 150 valence electrons. The van der Waals surface area contributed by atoms with Gasteiger partial charge in [-0.05, 0) is 31.9 Å². The van der Waals surface area contributed by atoms with Crippen LogP contribution in [0.1, 0.15) is 24.8 Å². The number of nitrogens with zero attached hydrogens (tertiary/aromatic N) is 2. The number of piperidine rings is 2. The molecular formula is C20H30N2O5. The number of ether oxygens (including phenoxy) is 1. The first-order chi connectivity index (χ1) is 13.0. The fourth-order valence-corrected chi connectivity index (χ4v) is 4.02. The molecule has 2 saturated heterocycles. The van der Waals surface area contributed by atoms with Gasteiger partial charge in [-0.15, -0.1) is 0 Å². The highest BCUT2D eigenvalue weighted by Gasteiger charge is 2.40. The van der Waals surface area contributed by atoms with Gasteiger partial charge in [-0.3, -0.25) is 9.59 Å². The van der Waals surface area contributed by atoms with Crippen LogP contribution in [-0.2, 0) is 19.9 Å². The van der Waals surface area contributed by atoms with Crippen LogP contribution < -0.4 is 0 Å². The normalized spacial score (nSPS) is 25.2. The molecule has 3 rings (SSSR count). The molecule has 2 atom stereocenters. The molecule has 2 N–H and O–H groups in total. The van der Waals surface area contributed by atoms with Crippen molar-refractivity contribution in [3.63, 3.8) is 0 Å². The second-order valence-electron chi connectivity index (χ2n) is 7.22. The Balaban J connectivity index is 0.000000817. The van der Waals surface area contributed by atoms with Gasteiger partial charge in [0.1, 0.15) is 0 Å². The summed E-state index contributed by atoms with van der Waals surface area (Å²) in [5.41, 5.74) is 0.872. The molecule has 2 fully saturated rings. The molecule has 0 saturated carbocycles. The third-order valence-electron chi connectivity index (χ3n) is 5.67. The lowest BCUT2D eigenvalue weighted by Crippen LogP contribution is -2.53. The fraction of sp³-hybridized carbons (Fsp3) is 0.600. The standard InChI is InChI=1S/C19H28N2O3.CH2O2/c1-20-11-8-17(22)16(14-20)18(23)21-12-9-19(24-2,10-13-21)15-6-4-3-5-7-15;2-1-3/h3-7,16-17,22H,8-14H2,1-2H3;1H,(H,2,3)/t16-,17-;/m1./s1. The van der Waals surface area contributed by atoms with Crippen molar-refractivity contribution in [3.05, 3.63) is 35.9 Å². The first-order valence-corrected chi connectivity index (χ1v) is 9.31. The van der Waals surface area contributed by atoms with Gasteiger partial charge in [0.2, 0.25) is 5.91 Å². The zero-order valence-electron chi connectivity index (χ0n) is 16.1. The average molecular weight is 378 g/mol. The maximum Gasteiger partial charge on any atom is 0.290 e. The zero-order valence-corrected chi connectivity index (χ0v) is 16.1. The minimum Gasteiger partial charge on any atom is -0.483 e.